The van der Waals surface area contributed by atoms with E-state index in [0.29, 0.717) is 0 Å². The number of aliphatic hydroxyl groups excluding tert-OH is 4. The second kappa shape index (κ2) is 4.68. The van der Waals surface area contributed by atoms with Crippen LogP contribution in [0.4, 0.5) is 0 Å². The largest absolute Gasteiger partial charge is 0.387 e. The second-order valence-electron chi connectivity index (χ2n) is 2.02. The van der Waals surface area contributed by atoms with Crippen molar-refractivity contribution in [1.29, 1.82) is 0 Å². The van der Waals surface area contributed by atoms with Gasteiger partial charge in [-0.1, -0.05) is 0 Å². The molecule has 0 saturated carbocycles. The molecule has 0 radical (unpaired) electrons. The van der Waals surface area contributed by atoms with Gasteiger partial charge in [-0.2, -0.15) is 0 Å². The topological polar surface area (TPSA) is 98.0 Å². The van der Waals surface area contributed by atoms with Gasteiger partial charge in [0.05, 0.1) is 0 Å². The van der Waals surface area contributed by atoms with Crippen molar-refractivity contribution in [3.05, 3.63) is 0 Å². The molecule has 0 aromatic carbocycles. The lowest BCUT2D eigenvalue weighted by Crippen LogP contribution is -2.43. The van der Waals surface area contributed by atoms with E-state index >= 15 is 0 Å². The highest BCUT2D eigenvalue weighted by Gasteiger charge is 2.27. The van der Waals surface area contributed by atoms with E-state index in [1.807, 2.05) is 0 Å². The van der Waals surface area contributed by atoms with Crippen molar-refractivity contribution in [3.8, 4) is 0 Å². The first-order valence-electron chi connectivity index (χ1n) is 2.86. The van der Waals surface area contributed by atoms with Crippen LogP contribution in [0.25, 0.3) is 0 Å². The van der Waals surface area contributed by atoms with Crippen LogP contribution in [-0.4, -0.2) is 50.5 Å². The van der Waals surface area contributed by atoms with Crippen molar-refractivity contribution in [2.24, 2.45) is 0 Å². The predicted octanol–water partition coefficient (Wildman–Crippen LogP) is -2.48. The molecule has 0 aromatic heterocycles. The normalized spacial score (nSPS) is 21.9. The second-order valence-corrected chi connectivity index (χ2v) is 2.55. The van der Waals surface area contributed by atoms with Crippen molar-refractivity contribution >= 4 is 18.9 Å². The Kier molecular flexibility index (Phi) is 4.62. The van der Waals surface area contributed by atoms with Crippen LogP contribution in [0.1, 0.15) is 0 Å². The van der Waals surface area contributed by atoms with Crippen LogP contribution >= 0.6 is 12.6 Å². The average Bonchev–Trinajstić information content (AvgIpc) is 2.00. The van der Waals surface area contributed by atoms with Gasteiger partial charge in [0.15, 0.2) is 6.29 Å². The highest BCUT2D eigenvalue weighted by atomic mass is 32.1. The molecule has 0 aliphatic heterocycles. The van der Waals surface area contributed by atoms with Gasteiger partial charge in [-0.25, -0.2) is 0 Å². The Balaban J connectivity index is 4.00. The van der Waals surface area contributed by atoms with E-state index < -0.39 is 23.7 Å². The Morgan fingerprint density at radius 3 is 1.82 bits per heavy atom. The summed E-state index contributed by atoms with van der Waals surface area (Å²) in [6.45, 7) is 0. The molecule has 0 aromatic rings. The fraction of sp³-hybridized carbons (Fsp3) is 0.800. The molecule has 0 saturated heterocycles. The van der Waals surface area contributed by atoms with E-state index in [9.17, 15) is 4.79 Å². The standard InChI is InChI=1S/C5H10O5S/c6-1-2(7)3(8)4(9)5(10)11/h1-5,7-11H. The predicted molar refractivity (Wildman–Crippen MR) is 39.1 cm³/mol. The van der Waals surface area contributed by atoms with Crippen molar-refractivity contribution in [2.75, 3.05) is 0 Å². The molecule has 4 unspecified atom stereocenters. The summed E-state index contributed by atoms with van der Waals surface area (Å²) in [6.07, 6.45) is -4.99. The number of carbonyl (C=O) groups is 1. The Morgan fingerprint density at radius 2 is 1.55 bits per heavy atom. The molecular formula is C5H10O5S. The summed E-state index contributed by atoms with van der Waals surface area (Å²) in [7, 11) is 0. The third kappa shape index (κ3) is 3.17. The Morgan fingerprint density at radius 1 is 1.09 bits per heavy atom. The van der Waals surface area contributed by atoms with Crippen molar-refractivity contribution < 1.29 is 25.2 Å². The molecular weight excluding hydrogens is 172 g/mol. The molecule has 4 atom stereocenters. The highest BCUT2D eigenvalue weighted by Crippen LogP contribution is 2.05. The molecule has 0 fully saturated rings. The third-order valence-corrected chi connectivity index (χ3v) is 1.45. The van der Waals surface area contributed by atoms with E-state index in [2.05, 4.69) is 12.6 Å². The van der Waals surface area contributed by atoms with Crippen LogP contribution in [-0.2, 0) is 4.79 Å². The minimum atomic E-state index is -1.71. The molecule has 0 aliphatic carbocycles. The maximum absolute atomic E-state index is 9.85. The van der Waals surface area contributed by atoms with Crippen LogP contribution in [0, 0.1) is 0 Å². The van der Waals surface area contributed by atoms with Gasteiger partial charge in [-0.15, -0.1) is 12.6 Å². The molecule has 0 amide bonds. The van der Waals surface area contributed by atoms with Crippen molar-refractivity contribution in [1.82, 2.24) is 0 Å². The van der Waals surface area contributed by atoms with Crippen LogP contribution in [0.3, 0.4) is 0 Å². The fourth-order valence-electron chi connectivity index (χ4n) is 0.459. The summed E-state index contributed by atoms with van der Waals surface area (Å²) in [4.78, 5) is 9.85. The Bertz CT molecular complexity index is 128. The fourth-order valence-corrected chi connectivity index (χ4v) is 0.635. The van der Waals surface area contributed by atoms with Gasteiger partial charge >= 0.3 is 0 Å². The Labute approximate surface area is 68.7 Å². The zero-order valence-corrected chi connectivity index (χ0v) is 6.43. The lowest BCUT2D eigenvalue weighted by atomic mass is 10.1. The van der Waals surface area contributed by atoms with Crippen LogP contribution < -0.4 is 0 Å². The molecule has 0 aliphatic rings. The van der Waals surface area contributed by atoms with E-state index in [1.165, 1.54) is 0 Å². The maximum atomic E-state index is 9.85. The summed E-state index contributed by atoms with van der Waals surface area (Å²) >= 11 is 3.38. The average molecular weight is 182 g/mol. The molecule has 0 rings (SSSR count). The summed E-state index contributed by atoms with van der Waals surface area (Å²) in [6, 6.07) is 0. The molecule has 11 heavy (non-hydrogen) atoms. The van der Waals surface area contributed by atoms with Crippen molar-refractivity contribution in [3.63, 3.8) is 0 Å². The van der Waals surface area contributed by atoms with Gasteiger partial charge in [0, 0.05) is 0 Å². The maximum Gasteiger partial charge on any atom is 0.151 e. The zero-order chi connectivity index (χ0) is 9.02. The SMILES string of the molecule is O=CC(O)C(O)C(O)C(O)S. The molecule has 5 nitrogen and oxygen atoms in total. The minimum Gasteiger partial charge on any atom is -0.387 e. The number of aldehydes is 1. The number of aliphatic hydroxyl groups is 4. The molecule has 4 N–H and O–H groups in total. The lowest BCUT2D eigenvalue weighted by Gasteiger charge is -2.20. The zero-order valence-electron chi connectivity index (χ0n) is 5.53. The van der Waals surface area contributed by atoms with Crippen molar-refractivity contribution in [2.45, 2.75) is 23.7 Å². The van der Waals surface area contributed by atoms with Crippen LogP contribution in [0.5, 0.6) is 0 Å². The number of carbonyl (C=O) groups excluding carboxylic acids is 1. The quantitative estimate of drug-likeness (QED) is 0.188. The molecule has 0 spiro atoms. The number of rotatable bonds is 4. The van der Waals surface area contributed by atoms with E-state index in [0.717, 1.165) is 0 Å². The van der Waals surface area contributed by atoms with E-state index in [1.54, 1.807) is 0 Å². The number of hydrogen-bond acceptors (Lipinski definition) is 6. The lowest BCUT2D eigenvalue weighted by molar-refractivity contribution is -0.129. The molecule has 0 bridgehead atoms. The number of hydrogen-bond donors (Lipinski definition) is 5. The summed E-state index contributed by atoms with van der Waals surface area (Å²) in [5.41, 5.74) is -1.49. The minimum absolute atomic E-state index is 0.0596. The van der Waals surface area contributed by atoms with Gasteiger partial charge in [-0.05, 0) is 0 Å². The first-order chi connectivity index (χ1) is 5.00. The molecule has 0 heterocycles. The van der Waals surface area contributed by atoms with Gasteiger partial charge in [0.1, 0.15) is 23.7 Å². The Hall–Kier alpha value is -0.140. The van der Waals surface area contributed by atoms with Gasteiger partial charge in [0.2, 0.25) is 0 Å². The summed E-state index contributed by atoms with van der Waals surface area (Å²) in [5.74, 6) is 0. The molecule has 6 heteroatoms. The molecule has 66 valence electrons. The third-order valence-electron chi connectivity index (χ3n) is 1.14. The van der Waals surface area contributed by atoms with Crippen LogP contribution in [0.15, 0.2) is 0 Å². The first kappa shape index (κ1) is 10.9. The summed E-state index contributed by atoms with van der Waals surface area (Å²) in [5, 5.41) is 34.8. The van der Waals surface area contributed by atoms with Gasteiger partial charge in [0.25, 0.3) is 0 Å². The van der Waals surface area contributed by atoms with Crippen LogP contribution in [0.2, 0.25) is 0 Å². The smallest absolute Gasteiger partial charge is 0.151 e. The van der Waals surface area contributed by atoms with E-state index in [4.69, 9.17) is 20.4 Å². The highest BCUT2D eigenvalue weighted by molar-refractivity contribution is 7.80. The van der Waals surface area contributed by atoms with Gasteiger partial charge in [-0.3, -0.25) is 0 Å². The monoisotopic (exact) mass is 182 g/mol. The first-order valence-corrected chi connectivity index (χ1v) is 3.38. The van der Waals surface area contributed by atoms with Gasteiger partial charge < -0.3 is 25.2 Å². The number of thiol groups is 1. The summed E-state index contributed by atoms with van der Waals surface area (Å²) < 4.78 is 0. The van der Waals surface area contributed by atoms with E-state index in [-0.39, 0.29) is 6.29 Å².